The summed E-state index contributed by atoms with van der Waals surface area (Å²) in [5, 5.41) is 0. The molecule has 0 aliphatic carbocycles. The van der Waals surface area contributed by atoms with Gasteiger partial charge in [-0.1, -0.05) is 6.42 Å². The van der Waals surface area contributed by atoms with E-state index in [1.54, 1.807) is 4.90 Å². The average Bonchev–Trinajstić information content (AvgIpc) is 2.73. The lowest BCUT2D eigenvalue weighted by Gasteiger charge is -2.36. The molecule has 2 aliphatic rings. The molecule has 8 nitrogen and oxygen atoms in total. The molecule has 172 valence electrons. The van der Waals surface area contributed by atoms with E-state index in [-0.39, 0.29) is 23.7 Å². The van der Waals surface area contributed by atoms with Crippen LogP contribution < -0.4 is 0 Å². The molecule has 2 aliphatic heterocycles. The first-order chi connectivity index (χ1) is 14.6. The van der Waals surface area contributed by atoms with Gasteiger partial charge in [0.25, 0.3) is 5.91 Å². The average molecular weight is 457 g/mol. The number of hydrogen-bond acceptors (Lipinski definition) is 6. The smallest absolute Gasteiger partial charge is 0.338 e. The molecule has 2 heterocycles. The Hall–Kier alpha value is -2.04. The maximum absolute atomic E-state index is 14.4. The minimum Gasteiger partial charge on any atom is -0.449 e. The van der Waals surface area contributed by atoms with Crippen LogP contribution >= 0.6 is 0 Å². The maximum atomic E-state index is 14.4. The Balaban J connectivity index is 1.73. The minimum atomic E-state index is -4.06. The highest BCUT2D eigenvalue weighted by atomic mass is 32.2. The van der Waals surface area contributed by atoms with Crippen molar-refractivity contribution in [2.75, 3.05) is 26.2 Å². The van der Waals surface area contributed by atoms with Crippen molar-refractivity contribution in [3.05, 3.63) is 29.6 Å². The molecule has 2 fully saturated rings. The van der Waals surface area contributed by atoms with E-state index >= 15 is 0 Å². The zero-order valence-electron chi connectivity index (χ0n) is 18.0. The third-order valence-electron chi connectivity index (χ3n) is 5.46. The van der Waals surface area contributed by atoms with Crippen molar-refractivity contribution in [1.82, 2.24) is 9.21 Å². The summed E-state index contributed by atoms with van der Waals surface area (Å²) in [5.41, 5.74) is -0.125. The fourth-order valence-corrected chi connectivity index (χ4v) is 5.57. The number of rotatable bonds is 5. The van der Waals surface area contributed by atoms with Crippen LogP contribution in [0.15, 0.2) is 23.1 Å². The third-order valence-corrected chi connectivity index (χ3v) is 7.38. The first-order valence-electron chi connectivity index (χ1n) is 10.5. The summed E-state index contributed by atoms with van der Waals surface area (Å²) in [6, 6.07) is 3.08. The molecule has 2 saturated heterocycles. The lowest BCUT2D eigenvalue weighted by molar-refractivity contribution is -0.151. The maximum Gasteiger partial charge on any atom is 0.338 e. The van der Waals surface area contributed by atoms with Crippen LogP contribution in [0, 0.1) is 5.82 Å². The Morgan fingerprint density at radius 1 is 1.13 bits per heavy atom. The highest BCUT2D eigenvalue weighted by Gasteiger charge is 2.32. The number of carbonyl (C=O) groups excluding carboxylic acids is 2. The second kappa shape index (κ2) is 9.62. The molecule has 1 amide bonds. The van der Waals surface area contributed by atoms with E-state index in [1.807, 2.05) is 13.8 Å². The number of piperidine rings is 1. The molecular formula is C21H29FN2O6S. The summed E-state index contributed by atoms with van der Waals surface area (Å²) >= 11 is 0. The SMILES string of the molecule is CC1CN(C(=O)C(C)OC(=O)c2ccc(F)c(S(=O)(=O)N3CCCCC3)c2)CC(C)O1. The quantitative estimate of drug-likeness (QED) is 0.631. The molecule has 3 atom stereocenters. The number of benzene rings is 1. The number of carbonyl (C=O) groups is 2. The predicted molar refractivity (Wildman–Crippen MR) is 110 cm³/mol. The Morgan fingerprint density at radius 3 is 2.35 bits per heavy atom. The van der Waals surface area contributed by atoms with Gasteiger partial charge in [0.2, 0.25) is 10.0 Å². The van der Waals surface area contributed by atoms with Gasteiger partial charge in [-0.25, -0.2) is 17.6 Å². The molecule has 0 spiro atoms. The topological polar surface area (TPSA) is 93.2 Å². The molecule has 0 aromatic heterocycles. The predicted octanol–water partition coefficient (Wildman–Crippen LogP) is 2.18. The van der Waals surface area contributed by atoms with Crippen LogP contribution in [0.4, 0.5) is 4.39 Å². The normalized spacial score (nSPS) is 23.9. The van der Waals surface area contributed by atoms with Crippen LogP contribution in [-0.4, -0.2) is 74.0 Å². The third kappa shape index (κ3) is 5.42. The fourth-order valence-electron chi connectivity index (χ4n) is 3.97. The first-order valence-corrected chi connectivity index (χ1v) is 12.0. The molecule has 31 heavy (non-hydrogen) atoms. The van der Waals surface area contributed by atoms with Crippen LogP contribution in [0.1, 0.15) is 50.4 Å². The van der Waals surface area contributed by atoms with Gasteiger partial charge < -0.3 is 14.4 Å². The molecule has 0 bridgehead atoms. The van der Waals surface area contributed by atoms with Crippen molar-refractivity contribution in [2.24, 2.45) is 0 Å². The highest BCUT2D eigenvalue weighted by Crippen LogP contribution is 2.24. The van der Waals surface area contributed by atoms with Crippen molar-refractivity contribution < 1.29 is 31.9 Å². The molecule has 10 heteroatoms. The van der Waals surface area contributed by atoms with Gasteiger partial charge in [0, 0.05) is 26.2 Å². The molecule has 0 saturated carbocycles. The second-order valence-corrected chi connectivity index (χ2v) is 10.1. The van der Waals surface area contributed by atoms with Crippen molar-refractivity contribution in [3.63, 3.8) is 0 Å². The number of halogens is 1. The van der Waals surface area contributed by atoms with Crippen molar-refractivity contribution in [1.29, 1.82) is 0 Å². The Kier molecular flexibility index (Phi) is 7.33. The lowest BCUT2D eigenvalue weighted by Crippen LogP contribution is -2.51. The van der Waals surface area contributed by atoms with Gasteiger partial charge in [0.1, 0.15) is 10.7 Å². The number of hydrogen-bond donors (Lipinski definition) is 0. The van der Waals surface area contributed by atoms with Crippen molar-refractivity contribution in [3.8, 4) is 0 Å². The van der Waals surface area contributed by atoms with Gasteiger partial charge in [-0.05, 0) is 51.8 Å². The number of esters is 1. The Labute approximate surface area is 182 Å². The van der Waals surface area contributed by atoms with E-state index in [2.05, 4.69) is 0 Å². The van der Waals surface area contributed by atoms with E-state index in [9.17, 15) is 22.4 Å². The van der Waals surface area contributed by atoms with Gasteiger partial charge >= 0.3 is 5.97 Å². The van der Waals surface area contributed by atoms with Gasteiger partial charge in [0.05, 0.1) is 17.8 Å². The standard InChI is InChI=1S/C21H29FN2O6S/c1-14-12-23(13-15(2)29-14)20(25)16(3)30-21(26)17-7-8-18(22)19(11-17)31(27,28)24-9-5-4-6-10-24/h7-8,11,14-16H,4-6,9-10,12-13H2,1-3H3. The van der Waals surface area contributed by atoms with E-state index < -0.39 is 32.8 Å². The Bertz CT molecular complexity index is 922. The number of morpholine rings is 1. The van der Waals surface area contributed by atoms with Gasteiger partial charge in [-0.2, -0.15) is 4.31 Å². The van der Waals surface area contributed by atoms with Crippen molar-refractivity contribution in [2.45, 2.75) is 63.2 Å². The highest BCUT2D eigenvalue weighted by molar-refractivity contribution is 7.89. The largest absolute Gasteiger partial charge is 0.449 e. The zero-order chi connectivity index (χ0) is 22.8. The molecule has 1 aromatic rings. The fraction of sp³-hybridized carbons (Fsp3) is 0.619. The summed E-state index contributed by atoms with van der Waals surface area (Å²) in [7, 11) is -4.06. The number of nitrogens with zero attached hydrogens (tertiary/aromatic N) is 2. The lowest BCUT2D eigenvalue weighted by atomic mass is 10.2. The second-order valence-electron chi connectivity index (χ2n) is 8.16. The number of sulfonamides is 1. The molecular weight excluding hydrogens is 427 g/mol. The number of amides is 1. The van der Waals surface area contributed by atoms with E-state index in [0.717, 1.165) is 24.6 Å². The molecule has 3 unspecified atom stereocenters. The molecule has 0 N–H and O–H groups in total. The monoisotopic (exact) mass is 456 g/mol. The molecule has 3 rings (SSSR count). The van der Waals surface area contributed by atoms with E-state index in [4.69, 9.17) is 9.47 Å². The van der Waals surface area contributed by atoms with Crippen molar-refractivity contribution >= 4 is 21.9 Å². The summed E-state index contributed by atoms with van der Waals surface area (Å²) in [4.78, 5) is 26.3. The van der Waals surface area contributed by atoms with Crippen LogP contribution in [0.5, 0.6) is 0 Å². The summed E-state index contributed by atoms with van der Waals surface area (Å²) in [5.74, 6) is -2.17. The van der Waals surface area contributed by atoms with E-state index in [1.165, 1.54) is 11.2 Å². The summed E-state index contributed by atoms with van der Waals surface area (Å²) in [6.07, 6.45) is 1.01. The van der Waals surface area contributed by atoms with Gasteiger partial charge in [-0.15, -0.1) is 0 Å². The van der Waals surface area contributed by atoms with Crippen LogP contribution in [0.25, 0.3) is 0 Å². The van der Waals surface area contributed by atoms with Gasteiger partial charge in [0.15, 0.2) is 6.10 Å². The minimum absolute atomic E-state index is 0.125. The number of ether oxygens (including phenoxy) is 2. The molecule has 0 radical (unpaired) electrons. The van der Waals surface area contributed by atoms with E-state index in [0.29, 0.717) is 39.0 Å². The van der Waals surface area contributed by atoms with Crippen LogP contribution in [0.3, 0.4) is 0 Å². The Morgan fingerprint density at radius 2 is 1.74 bits per heavy atom. The van der Waals surface area contributed by atoms with Gasteiger partial charge in [-0.3, -0.25) is 4.79 Å². The zero-order valence-corrected chi connectivity index (χ0v) is 18.9. The first kappa shape index (κ1) is 23.6. The van der Waals surface area contributed by atoms with Crippen LogP contribution in [0.2, 0.25) is 0 Å². The summed E-state index contributed by atoms with van der Waals surface area (Å²) < 4.78 is 52.2. The summed E-state index contributed by atoms with van der Waals surface area (Å²) in [6.45, 7) is 6.58. The van der Waals surface area contributed by atoms with Crippen LogP contribution in [-0.2, 0) is 24.3 Å². The molecule has 1 aromatic carbocycles.